The zero-order valence-corrected chi connectivity index (χ0v) is 11.1. The Morgan fingerprint density at radius 3 is 2.67 bits per heavy atom. The fourth-order valence-corrected chi connectivity index (χ4v) is 1.88. The molecule has 2 aromatic rings. The number of nitrogens with two attached hydrogens (primary N) is 1. The number of halogens is 2. The van der Waals surface area contributed by atoms with E-state index in [1.807, 2.05) is 13.0 Å². The van der Waals surface area contributed by atoms with Crippen LogP contribution in [0.5, 0.6) is 0 Å². The molecule has 0 fully saturated rings. The lowest BCUT2D eigenvalue weighted by Crippen LogP contribution is -2.10. The van der Waals surface area contributed by atoms with Crippen LogP contribution in [0.4, 0.5) is 21.7 Å². The zero-order valence-electron chi connectivity index (χ0n) is 9.54. The van der Waals surface area contributed by atoms with Gasteiger partial charge in [0.25, 0.3) is 0 Å². The maximum atomic E-state index is 13.7. The van der Waals surface area contributed by atoms with E-state index in [1.165, 1.54) is 12.4 Å². The average Bonchev–Trinajstić information content (AvgIpc) is 2.36. The molecule has 0 spiro atoms. The van der Waals surface area contributed by atoms with Gasteiger partial charge in [0.15, 0.2) is 5.82 Å². The van der Waals surface area contributed by atoms with Gasteiger partial charge in [0.2, 0.25) is 0 Å². The molecular formula is C11H11BrFN5. The molecule has 0 radical (unpaired) electrons. The fraction of sp³-hybridized carbons (Fsp3) is 0.0909. The van der Waals surface area contributed by atoms with Gasteiger partial charge in [0.05, 0.1) is 5.69 Å². The highest BCUT2D eigenvalue weighted by Crippen LogP contribution is 2.30. The van der Waals surface area contributed by atoms with Gasteiger partial charge >= 0.3 is 0 Å². The van der Waals surface area contributed by atoms with Crippen LogP contribution < -0.4 is 16.6 Å². The number of hydrazine groups is 1. The standard InChI is InChI=1S/C11H11BrFN5/c1-6-3-2-4-7(13)9(6)17-10-8(12)11(18-14)16-5-15-10/h2-5H,14H2,1H3,(H2,15,16,17,18). The number of anilines is 3. The third kappa shape index (κ3) is 2.41. The lowest BCUT2D eigenvalue weighted by atomic mass is 10.2. The van der Waals surface area contributed by atoms with Crippen LogP contribution in [-0.4, -0.2) is 9.97 Å². The summed E-state index contributed by atoms with van der Waals surface area (Å²) in [7, 11) is 0. The quantitative estimate of drug-likeness (QED) is 0.600. The molecule has 0 amide bonds. The Balaban J connectivity index is 2.40. The first-order valence-corrected chi connectivity index (χ1v) is 5.92. The highest BCUT2D eigenvalue weighted by Gasteiger charge is 2.11. The highest BCUT2D eigenvalue weighted by molar-refractivity contribution is 9.10. The number of aromatic nitrogens is 2. The van der Waals surface area contributed by atoms with E-state index in [0.717, 1.165) is 5.56 Å². The highest BCUT2D eigenvalue weighted by atomic mass is 79.9. The Kier molecular flexibility index (Phi) is 3.73. The van der Waals surface area contributed by atoms with E-state index in [2.05, 4.69) is 36.6 Å². The number of nitrogens with zero attached hydrogens (tertiary/aromatic N) is 2. The largest absolute Gasteiger partial charge is 0.337 e. The molecule has 4 N–H and O–H groups in total. The Bertz CT molecular complexity index is 555. The Morgan fingerprint density at radius 1 is 1.28 bits per heavy atom. The molecule has 0 aliphatic rings. The summed E-state index contributed by atoms with van der Waals surface area (Å²) >= 11 is 3.30. The van der Waals surface area contributed by atoms with E-state index in [4.69, 9.17) is 5.84 Å². The number of benzene rings is 1. The van der Waals surface area contributed by atoms with E-state index in [0.29, 0.717) is 21.8 Å². The summed E-state index contributed by atoms with van der Waals surface area (Å²) in [6.45, 7) is 1.81. The van der Waals surface area contributed by atoms with Crippen LogP contribution in [0.25, 0.3) is 0 Å². The third-order valence-electron chi connectivity index (χ3n) is 2.39. The lowest BCUT2D eigenvalue weighted by molar-refractivity contribution is 0.630. The smallest absolute Gasteiger partial charge is 0.159 e. The molecule has 7 heteroatoms. The summed E-state index contributed by atoms with van der Waals surface area (Å²) in [4.78, 5) is 7.95. The van der Waals surface area contributed by atoms with Crippen LogP contribution in [0.1, 0.15) is 5.56 Å². The molecule has 2 rings (SSSR count). The van der Waals surface area contributed by atoms with Crippen molar-refractivity contribution in [2.45, 2.75) is 6.92 Å². The summed E-state index contributed by atoms with van der Waals surface area (Å²) in [6.07, 6.45) is 1.33. The van der Waals surface area contributed by atoms with Gasteiger partial charge in [-0.25, -0.2) is 20.2 Å². The summed E-state index contributed by atoms with van der Waals surface area (Å²) in [5.74, 6) is 5.81. The molecule has 18 heavy (non-hydrogen) atoms. The molecule has 0 saturated heterocycles. The second kappa shape index (κ2) is 5.28. The Labute approximate surface area is 112 Å². The van der Waals surface area contributed by atoms with E-state index in [9.17, 15) is 4.39 Å². The molecule has 1 aromatic heterocycles. The number of nitrogen functional groups attached to an aromatic ring is 1. The fourth-order valence-electron chi connectivity index (χ4n) is 1.47. The van der Waals surface area contributed by atoms with Gasteiger partial charge in [-0.1, -0.05) is 12.1 Å². The van der Waals surface area contributed by atoms with Crippen molar-refractivity contribution in [3.63, 3.8) is 0 Å². The van der Waals surface area contributed by atoms with Crippen molar-refractivity contribution >= 4 is 33.3 Å². The van der Waals surface area contributed by atoms with Gasteiger partial charge in [0.1, 0.15) is 22.4 Å². The van der Waals surface area contributed by atoms with Crippen molar-refractivity contribution in [3.8, 4) is 0 Å². The van der Waals surface area contributed by atoms with Crippen LogP contribution >= 0.6 is 15.9 Å². The average molecular weight is 312 g/mol. The van der Waals surface area contributed by atoms with Gasteiger partial charge < -0.3 is 10.7 Å². The summed E-state index contributed by atoms with van der Waals surface area (Å²) < 4.78 is 14.2. The molecule has 0 atom stereocenters. The van der Waals surface area contributed by atoms with Crippen molar-refractivity contribution in [2.75, 3.05) is 10.7 Å². The Morgan fingerprint density at radius 2 is 2.00 bits per heavy atom. The van der Waals surface area contributed by atoms with Gasteiger partial charge in [-0.2, -0.15) is 0 Å². The van der Waals surface area contributed by atoms with E-state index in [-0.39, 0.29) is 5.82 Å². The maximum absolute atomic E-state index is 13.7. The first kappa shape index (κ1) is 12.7. The Hall–Kier alpha value is -1.73. The minimum atomic E-state index is -0.345. The molecule has 0 bridgehead atoms. The predicted molar refractivity (Wildman–Crippen MR) is 72.0 cm³/mol. The monoisotopic (exact) mass is 311 g/mol. The van der Waals surface area contributed by atoms with Crippen molar-refractivity contribution in [1.82, 2.24) is 9.97 Å². The van der Waals surface area contributed by atoms with Crippen LogP contribution in [0.15, 0.2) is 29.0 Å². The first-order chi connectivity index (χ1) is 8.63. The second-order valence-electron chi connectivity index (χ2n) is 3.59. The van der Waals surface area contributed by atoms with Crippen molar-refractivity contribution in [2.24, 2.45) is 5.84 Å². The topological polar surface area (TPSA) is 75.9 Å². The van der Waals surface area contributed by atoms with Crippen LogP contribution in [0.2, 0.25) is 0 Å². The SMILES string of the molecule is Cc1cccc(F)c1Nc1ncnc(NN)c1Br. The van der Waals surface area contributed by atoms with Crippen LogP contribution in [0, 0.1) is 12.7 Å². The molecule has 1 heterocycles. The lowest BCUT2D eigenvalue weighted by Gasteiger charge is -2.12. The molecule has 0 aliphatic carbocycles. The summed E-state index contributed by atoms with van der Waals surface area (Å²) in [5.41, 5.74) is 3.57. The van der Waals surface area contributed by atoms with Gasteiger partial charge in [0, 0.05) is 0 Å². The van der Waals surface area contributed by atoms with Crippen molar-refractivity contribution in [3.05, 3.63) is 40.4 Å². The third-order valence-corrected chi connectivity index (χ3v) is 3.14. The van der Waals surface area contributed by atoms with Crippen LogP contribution in [0.3, 0.4) is 0 Å². The summed E-state index contributed by atoms with van der Waals surface area (Å²) in [5, 5.41) is 2.91. The molecule has 5 nitrogen and oxygen atoms in total. The van der Waals surface area contributed by atoms with Gasteiger partial charge in [-0.3, -0.25) is 0 Å². The number of hydrogen-bond donors (Lipinski definition) is 3. The molecule has 0 unspecified atom stereocenters. The van der Waals surface area contributed by atoms with E-state index in [1.54, 1.807) is 6.07 Å². The normalized spacial score (nSPS) is 10.2. The molecule has 0 saturated carbocycles. The van der Waals surface area contributed by atoms with Gasteiger partial charge in [-0.05, 0) is 34.5 Å². The van der Waals surface area contributed by atoms with Crippen molar-refractivity contribution < 1.29 is 4.39 Å². The predicted octanol–water partition coefficient (Wildman–Crippen LogP) is 2.72. The number of nitrogens with one attached hydrogen (secondary N) is 2. The number of aryl methyl sites for hydroxylation is 1. The molecule has 0 aliphatic heterocycles. The number of rotatable bonds is 3. The van der Waals surface area contributed by atoms with Crippen molar-refractivity contribution in [1.29, 1.82) is 0 Å². The molecule has 1 aromatic carbocycles. The maximum Gasteiger partial charge on any atom is 0.159 e. The minimum absolute atomic E-state index is 0.345. The zero-order chi connectivity index (χ0) is 13.1. The first-order valence-electron chi connectivity index (χ1n) is 5.12. The number of para-hydroxylation sites is 1. The summed E-state index contributed by atoms with van der Waals surface area (Å²) in [6, 6.07) is 4.84. The second-order valence-corrected chi connectivity index (χ2v) is 4.38. The van der Waals surface area contributed by atoms with E-state index >= 15 is 0 Å². The minimum Gasteiger partial charge on any atom is -0.337 e. The number of hydrogen-bond acceptors (Lipinski definition) is 5. The molecule has 94 valence electrons. The molecular weight excluding hydrogens is 301 g/mol. The van der Waals surface area contributed by atoms with E-state index < -0.39 is 0 Å². The van der Waals surface area contributed by atoms with Gasteiger partial charge in [-0.15, -0.1) is 0 Å². The van der Waals surface area contributed by atoms with Crippen LogP contribution in [-0.2, 0) is 0 Å².